The topological polar surface area (TPSA) is 58.2 Å². The number of hydrogen-bond acceptors (Lipinski definition) is 2. The van der Waals surface area contributed by atoms with Crippen molar-refractivity contribution in [1.29, 1.82) is 0 Å². The van der Waals surface area contributed by atoms with Crippen LogP contribution < -0.4 is 10.6 Å². The Morgan fingerprint density at radius 3 is 2.32 bits per heavy atom. The van der Waals surface area contributed by atoms with Crippen LogP contribution in [0.15, 0.2) is 42.5 Å². The van der Waals surface area contributed by atoms with E-state index >= 15 is 0 Å². The molecule has 0 radical (unpaired) electrons. The van der Waals surface area contributed by atoms with E-state index in [1.54, 1.807) is 12.1 Å². The number of amides is 2. The molecule has 2 N–H and O–H groups in total. The Morgan fingerprint density at radius 2 is 1.56 bits per heavy atom. The van der Waals surface area contributed by atoms with Crippen LogP contribution in [-0.2, 0) is 4.79 Å². The van der Waals surface area contributed by atoms with Crippen LogP contribution in [-0.4, -0.2) is 11.8 Å². The summed E-state index contributed by atoms with van der Waals surface area (Å²) in [6.07, 6.45) is 4.07. The van der Waals surface area contributed by atoms with Crippen LogP contribution in [0.2, 0.25) is 0 Å². The maximum atomic E-state index is 12.7. The number of hydrogen-bond donors (Lipinski definition) is 2. The highest BCUT2D eigenvalue weighted by molar-refractivity contribution is 6.10. The minimum atomic E-state index is -0.212. The van der Waals surface area contributed by atoms with Gasteiger partial charge in [-0.05, 0) is 56.0 Å². The van der Waals surface area contributed by atoms with Crippen molar-refractivity contribution in [2.24, 2.45) is 5.92 Å². The van der Waals surface area contributed by atoms with Crippen molar-refractivity contribution in [3.63, 3.8) is 0 Å². The predicted octanol–water partition coefficient (Wildman–Crippen LogP) is 4.68. The largest absolute Gasteiger partial charge is 0.325 e. The van der Waals surface area contributed by atoms with E-state index in [0.29, 0.717) is 11.3 Å². The lowest BCUT2D eigenvalue weighted by atomic mass is 10.1. The fourth-order valence-electron chi connectivity index (χ4n) is 3.29. The Balaban J connectivity index is 1.78. The molecule has 3 rings (SSSR count). The van der Waals surface area contributed by atoms with Gasteiger partial charge < -0.3 is 10.6 Å². The van der Waals surface area contributed by atoms with E-state index in [-0.39, 0.29) is 17.7 Å². The summed E-state index contributed by atoms with van der Waals surface area (Å²) in [5.74, 6) is -0.129. The first kappa shape index (κ1) is 17.2. The number of benzene rings is 2. The molecule has 0 aliphatic heterocycles. The minimum Gasteiger partial charge on any atom is -0.325 e. The second-order valence-corrected chi connectivity index (χ2v) is 6.72. The molecule has 0 atom stereocenters. The quantitative estimate of drug-likeness (QED) is 0.851. The normalized spacial score (nSPS) is 14.3. The van der Waals surface area contributed by atoms with Crippen LogP contribution in [0.5, 0.6) is 0 Å². The summed E-state index contributed by atoms with van der Waals surface area (Å²) in [6, 6.07) is 13.0. The van der Waals surface area contributed by atoms with Crippen molar-refractivity contribution in [1.82, 2.24) is 0 Å². The summed E-state index contributed by atoms with van der Waals surface area (Å²) in [7, 11) is 0. The van der Waals surface area contributed by atoms with E-state index in [0.717, 1.165) is 42.5 Å². The van der Waals surface area contributed by atoms with E-state index in [1.807, 2.05) is 44.2 Å². The zero-order valence-corrected chi connectivity index (χ0v) is 14.8. The molecule has 2 amide bonds. The predicted molar refractivity (Wildman–Crippen MR) is 101 cm³/mol. The van der Waals surface area contributed by atoms with Gasteiger partial charge in [0.05, 0.1) is 11.3 Å². The number of carbonyl (C=O) groups excluding carboxylic acids is 2. The fourth-order valence-corrected chi connectivity index (χ4v) is 3.29. The number of para-hydroxylation sites is 1. The van der Waals surface area contributed by atoms with Gasteiger partial charge in [-0.3, -0.25) is 9.59 Å². The Morgan fingerprint density at radius 1 is 0.880 bits per heavy atom. The lowest BCUT2D eigenvalue weighted by Gasteiger charge is -2.15. The number of nitrogens with one attached hydrogen (secondary N) is 2. The van der Waals surface area contributed by atoms with Crippen molar-refractivity contribution in [3.8, 4) is 0 Å². The van der Waals surface area contributed by atoms with Gasteiger partial charge >= 0.3 is 0 Å². The third-order valence-electron chi connectivity index (χ3n) is 5.01. The molecular formula is C21H24N2O2. The maximum Gasteiger partial charge on any atom is 0.257 e. The second-order valence-electron chi connectivity index (χ2n) is 6.72. The van der Waals surface area contributed by atoms with Crippen LogP contribution in [0, 0.1) is 19.8 Å². The average molecular weight is 336 g/mol. The van der Waals surface area contributed by atoms with E-state index in [9.17, 15) is 9.59 Å². The molecule has 1 saturated carbocycles. The molecule has 0 bridgehead atoms. The lowest BCUT2D eigenvalue weighted by Crippen LogP contribution is -2.23. The first-order chi connectivity index (χ1) is 12.1. The highest BCUT2D eigenvalue weighted by Gasteiger charge is 2.24. The molecule has 0 heterocycles. The summed E-state index contributed by atoms with van der Waals surface area (Å²) in [6.45, 7) is 4.00. The van der Waals surface area contributed by atoms with Crippen molar-refractivity contribution in [2.45, 2.75) is 39.5 Å². The summed E-state index contributed by atoms with van der Waals surface area (Å²) in [4.78, 5) is 25.1. The van der Waals surface area contributed by atoms with Gasteiger partial charge in [-0.2, -0.15) is 0 Å². The molecule has 1 aliphatic rings. The maximum absolute atomic E-state index is 12.7. The van der Waals surface area contributed by atoms with Crippen LogP contribution in [0.25, 0.3) is 0 Å². The third kappa shape index (κ3) is 3.90. The van der Waals surface area contributed by atoms with E-state index < -0.39 is 0 Å². The van der Waals surface area contributed by atoms with Crippen LogP contribution in [0.3, 0.4) is 0 Å². The van der Waals surface area contributed by atoms with Crippen molar-refractivity contribution in [2.75, 3.05) is 10.6 Å². The Bertz CT molecular complexity index is 792. The van der Waals surface area contributed by atoms with Crippen molar-refractivity contribution >= 4 is 23.2 Å². The Labute approximate surface area is 148 Å². The third-order valence-corrected chi connectivity index (χ3v) is 5.01. The van der Waals surface area contributed by atoms with Gasteiger partial charge in [0.25, 0.3) is 5.91 Å². The van der Waals surface area contributed by atoms with Crippen LogP contribution >= 0.6 is 0 Å². The van der Waals surface area contributed by atoms with Crippen LogP contribution in [0.1, 0.15) is 47.2 Å². The van der Waals surface area contributed by atoms with Gasteiger partial charge in [-0.1, -0.05) is 37.1 Å². The Hall–Kier alpha value is -2.62. The summed E-state index contributed by atoms with van der Waals surface area (Å²) >= 11 is 0. The van der Waals surface area contributed by atoms with E-state index in [1.165, 1.54) is 0 Å². The van der Waals surface area contributed by atoms with Crippen molar-refractivity contribution < 1.29 is 9.59 Å². The zero-order chi connectivity index (χ0) is 17.8. The number of rotatable bonds is 4. The van der Waals surface area contributed by atoms with Gasteiger partial charge in [0, 0.05) is 11.6 Å². The molecule has 4 heteroatoms. The van der Waals surface area contributed by atoms with Crippen LogP contribution in [0.4, 0.5) is 11.4 Å². The molecule has 4 nitrogen and oxygen atoms in total. The average Bonchev–Trinajstić information content (AvgIpc) is 3.14. The molecule has 25 heavy (non-hydrogen) atoms. The molecule has 2 aromatic rings. The Kier molecular flexibility index (Phi) is 5.17. The summed E-state index contributed by atoms with van der Waals surface area (Å²) in [5.41, 5.74) is 4.02. The molecule has 130 valence electrons. The first-order valence-electron chi connectivity index (χ1n) is 8.83. The second kappa shape index (κ2) is 7.51. The van der Waals surface area contributed by atoms with Gasteiger partial charge in [-0.15, -0.1) is 0 Å². The molecule has 0 saturated heterocycles. The summed E-state index contributed by atoms with van der Waals surface area (Å²) < 4.78 is 0. The SMILES string of the molecule is Cc1cccc(NC(=O)c2ccccc2NC(=O)C2CCCC2)c1C. The number of aryl methyl sites for hydroxylation is 1. The molecular weight excluding hydrogens is 312 g/mol. The van der Waals surface area contributed by atoms with Gasteiger partial charge in [0.1, 0.15) is 0 Å². The molecule has 0 unspecified atom stereocenters. The highest BCUT2D eigenvalue weighted by atomic mass is 16.2. The standard InChI is InChI=1S/C21H24N2O2/c1-14-8-7-13-18(15(14)2)22-21(25)17-11-5-6-12-19(17)23-20(24)16-9-3-4-10-16/h5-8,11-13,16H,3-4,9-10H2,1-2H3,(H,22,25)(H,23,24). The van der Waals surface area contributed by atoms with Gasteiger partial charge in [0.2, 0.25) is 5.91 Å². The molecule has 2 aromatic carbocycles. The van der Waals surface area contributed by atoms with Gasteiger partial charge in [0.15, 0.2) is 0 Å². The fraction of sp³-hybridized carbons (Fsp3) is 0.333. The number of carbonyl (C=O) groups is 2. The van der Waals surface area contributed by atoms with E-state index in [4.69, 9.17) is 0 Å². The smallest absolute Gasteiger partial charge is 0.257 e. The number of anilines is 2. The molecule has 0 aromatic heterocycles. The minimum absolute atomic E-state index is 0.0180. The lowest BCUT2D eigenvalue weighted by molar-refractivity contribution is -0.119. The molecule has 1 fully saturated rings. The molecule has 1 aliphatic carbocycles. The first-order valence-corrected chi connectivity index (χ1v) is 8.83. The van der Waals surface area contributed by atoms with E-state index in [2.05, 4.69) is 10.6 Å². The van der Waals surface area contributed by atoms with Crippen molar-refractivity contribution in [3.05, 3.63) is 59.2 Å². The van der Waals surface area contributed by atoms with Gasteiger partial charge in [-0.25, -0.2) is 0 Å². The highest BCUT2D eigenvalue weighted by Crippen LogP contribution is 2.27. The monoisotopic (exact) mass is 336 g/mol. The zero-order valence-electron chi connectivity index (χ0n) is 14.8. The molecule has 0 spiro atoms. The summed E-state index contributed by atoms with van der Waals surface area (Å²) in [5, 5.41) is 5.91.